The Morgan fingerprint density at radius 1 is 1.43 bits per heavy atom. The Hall–Kier alpha value is -1.58. The van der Waals surface area contributed by atoms with Crippen LogP contribution in [-0.4, -0.2) is 15.0 Å². The molecule has 2 rings (SSSR count). The second-order valence-corrected chi connectivity index (χ2v) is 3.77. The first-order chi connectivity index (χ1) is 6.61. The lowest BCUT2D eigenvalue weighted by molar-refractivity contribution is 0.835. The molecule has 0 unspecified atom stereocenters. The topological polar surface area (TPSA) is 61.5 Å². The van der Waals surface area contributed by atoms with Crippen LogP contribution in [0.4, 0.5) is 0 Å². The average molecular weight is 191 g/mol. The van der Waals surface area contributed by atoms with Crippen LogP contribution in [-0.2, 0) is 0 Å². The normalized spacial score (nSPS) is 11.4. The van der Waals surface area contributed by atoms with Crippen LogP contribution in [0.25, 0.3) is 10.9 Å². The number of hydrogen-bond acceptors (Lipinski definition) is 2. The molecule has 0 atom stereocenters. The Morgan fingerprint density at radius 2 is 2.14 bits per heavy atom. The summed E-state index contributed by atoms with van der Waals surface area (Å²) in [4.78, 5) is 21.6. The molecule has 14 heavy (non-hydrogen) atoms. The van der Waals surface area contributed by atoms with Crippen LogP contribution < -0.4 is 5.56 Å². The van der Waals surface area contributed by atoms with Crippen molar-refractivity contribution in [2.24, 2.45) is 0 Å². The van der Waals surface area contributed by atoms with Crippen molar-refractivity contribution in [3.05, 3.63) is 28.1 Å². The van der Waals surface area contributed by atoms with Crippen molar-refractivity contribution < 1.29 is 0 Å². The van der Waals surface area contributed by atoms with Crippen LogP contribution in [0.2, 0.25) is 0 Å². The Labute approximate surface area is 81.4 Å². The van der Waals surface area contributed by atoms with Crippen LogP contribution in [0.5, 0.6) is 0 Å². The Bertz CT molecular complexity index is 522. The van der Waals surface area contributed by atoms with Gasteiger partial charge in [0.1, 0.15) is 0 Å². The first-order valence-electron chi connectivity index (χ1n) is 4.67. The summed E-state index contributed by atoms with van der Waals surface area (Å²) in [6.07, 6.45) is 1.44. The second kappa shape index (κ2) is 2.97. The molecule has 4 heteroatoms. The van der Waals surface area contributed by atoms with Gasteiger partial charge in [-0.3, -0.25) is 4.79 Å². The van der Waals surface area contributed by atoms with E-state index < -0.39 is 0 Å². The molecule has 74 valence electrons. The average Bonchev–Trinajstić information content (AvgIpc) is 2.46. The van der Waals surface area contributed by atoms with E-state index in [0.717, 1.165) is 16.9 Å². The SMILES string of the molecule is Cc1[nH]c(C(C)C)c2c(=O)[nH]cnc12. The smallest absolute Gasteiger partial charge is 0.260 e. The predicted molar refractivity (Wildman–Crippen MR) is 55.5 cm³/mol. The number of aryl methyl sites for hydroxylation is 1. The quantitative estimate of drug-likeness (QED) is 0.720. The molecule has 2 aromatic heterocycles. The highest BCUT2D eigenvalue weighted by Gasteiger charge is 2.13. The van der Waals surface area contributed by atoms with Crippen molar-refractivity contribution in [1.82, 2.24) is 15.0 Å². The molecule has 2 heterocycles. The molecule has 0 aliphatic rings. The summed E-state index contributed by atoms with van der Waals surface area (Å²) in [6, 6.07) is 0. The number of H-pyrrole nitrogens is 2. The van der Waals surface area contributed by atoms with Crippen molar-refractivity contribution in [1.29, 1.82) is 0 Å². The predicted octanol–water partition coefficient (Wildman–Crippen LogP) is 1.68. The molecule has 0 spiro atoms. The van der Waals surface area contributed by atoms with E-state index in [9.17, 15) is 4.79 Å². The number of hydrogen-bond donors (Lipinski definition) is 2. The van der Waals surface area contributed by atoms with Crippen molar-refractivity contribution in [2.45, 2.75) is 26.7 Å². The minimum Gasteiger partial charge on any atom is -0.360 e. The molecular formula is C10H13N3O. The lowest BCUT2D eigenvalue weighted by Gasteiger charge is -2.00. The molecule has 0 bridgehead atoms. The van der Waals surface area contributed by atoms with Gasteiger partial charge in [0.2, 0.25) is 0 Å². The number of rotatable bonds is 1. The standard InChI is InChI=1S/C10H13N3O/c1-5(2)8-7-9(6(3)13-8)11-4-12-10(7)14/h4-5,13H,1-3H3,(H,11,12,14). The highest BCUT2D eigenvalue weighted by atomic mass is 16.1. The van der Waals surface area contributed by atoms with Crippen molar-refractivity contribution in [2.75, 3.05) is 0 Å². The van der Waals surface area contributed by atoms with Crippen molar-refractivity contribution >= 4 is 10.9 Å². The Morgan fingerprint density at radius 3 is 2.79 bits per heavy atom. The van der Waals surface area contributed by atoms with Gasteiger partial charge in [0.15, 0.2) is 0 Å². The number of nitrogens with one attached hydrogen (secondary N) is 2. The third-order valence-electron chi connectivity index (χ3n) is 2.38. The van der Waals surface area contributed by atoms with Gasteiger partial charge in [0.25, 0.3) is 5.56 Å². The van der Waals surface area contributed by atoms with E-state index in [1.54, 1.807) is 0 Å². The molecule has 0 radical (unpaired) electrons. The first kappa shape index (κ1) is 8.99. The maximum absolute atomic E-state index is 11.6. The molecule has 0 aromatic carbocycles. The maximum Gasteiger partial charge on any atom is 0.260 e. The summed E-state index contributed by atoms with van der Waals surface area (Å²) in [5.41, 5.74) is 2.63. The van der Waals surface area contributed by atoms with Gasteiger partial charge >= 0.3 is 0 Å². The van der Waals surface area contributed by atoms with E-state index in [-0.39, 0.29) is 5.56 Å². The number of fused-ring (bicyclic) bond motifs is 1. The molecule has 0 aliphatic carbocycles. The summed E-state index contributed by atoms with van der Waals surface area (Å²) >= 11 is 0. The van der Waals surface area contributed by atoms with Gasteiger partial charge in [-0.1, -0.05) is 13.8 Å². The summed E-state index contributed by atoms with van der Waals surface area (Å²) in [7, 11) is 0. The van der Waals surface area contributed by atoms with E-state index >= 15 is 0 Å². The zero-order valence-corrected chi connectivity index (χ0v) is 8.51. The second-order valence-electron chi connectivity index (χ2n) is 3.77. The van der Waals surface area contributed by atoms with Gasteiger partial charge in [0, 0.05) is 11.4 Å². The van der Waals surface area contributed by atoms with E-state index in [1.165, 1.54) is 6.33 Å². The zero-order chi connectivity index (χ0) is 10.3. The van der Waals surface area contributed by atoms with Crippen LogP contribution in [0.15, 0.2) is 11.1 Å². The van der Waals surface area contributed by atoms with E-state index in [1.807, 2.05) is 6.92 Å². The first-order valence-corrected chi connectivity index (χ1v) is 4.67. The molecule has 2 N–H and O–H groups in total. The van der Waals surface area contributed by atoms with E-state index in [0.29, 0.717) is 11.3 Å². The zero-order valence-electron chi connectivity index (χ0n) is 8.51. The lowest BCUT2D eigenvalue weighted by Crippen LogP contribution is -2.07. The third kappa shape index (κ3) is 1.14. The van der Waals surface area contributed by atoms with Crippen LogP contribution in [0.3, 0.4) is 0 Å². The molecule has 0 saturated carbocycles. The summed E-state index contributed by atoms with van der Waals surface area (Å²) in [5.74, 6) is 0.302. The van der Waals surface area contributed by atoms with Crippen LogP contribution in [0.1, 0.15) is 31.2 Å². The largest absolute Gasteiger partial charge is 0.360 e. The van der Waals surface area contributed by atoms with Crippen LogP contribution >= 0.6 is 0 Å². The van der Waals surface area contributed by atoms with Gasteiger partial charge in [-0.25, -0.2) is 4.98 Å². The molecular weight excluding hydrogens is 178 g/mol. The van der Waals surface area contributed by atoms with Crippen LogP contribution in [0, 0.1) is 6.92 Å². The molecule has 0 aliphatic heterocycles. The van der Waals surface area contributed by atoms with Gasteiger partial charge in [0.05, 0.1) is 17.2 Å². The monoisotopic (exact) mass is 191 g/mol. The fourth-order valence-corrected chi connectivity index (χ4v) is 1.69. The van der Waals surface area contributed by atoms with Gasteiger partial charge < -0.3 is 9.97 Å². The van der Waals surface area contributed by atoms with Gasteiger partial charge in [-0.05, 0) is 12.8 Å². The highest BCUT2D eigenvalue weighted by Crippen LogP contribution is 2.22. The number of aromatic amines is 2. The summed E-state index contributed by atoms with van der Waals surface area (Å²) in [5, 5.41) is 0.694. The maximum atomic E-state index is 11.6. The summed E-state index contributed by atoms with van der Waals surface area (Å²) < 4.78 is 0. The van der Waals surface area contributed by atoms with Crippen molar-refractivity contribution in [3.8, 4) is 0 Å². The minimum atomic E-state index is -0.0666. The van der Waals surface area contributed by atoms with E-state index in [4.69, 9.17) is 0 Å². The summed E-state index contributed by atoms with van der Waals surface area (Å²) in [6.45, 7) is 6.04. The fraction of sp³-hybridized carbons (Fsp3) is 0.400. The molecule has 0 fully saturated rings. The fourth-order valence-electron chi connectivity index (χ4n) is 1.69. The lowest BCUT2D eigenvalue weighted by atomic mass is 10.1. The number of aromatic nitrogens is 3. The number of nitrogens with zero attached hydrogens (tertiary/aromatic N) is 1. The van der Waals surface area contributed by atoms with E-state index in [2.05, 4.69) is 28.8 Å². The minimum absolute atomic E-state index is 0.0666. The molecule has 2 aromatic rings. The Balaban J connectivity index is 2.93. The van der Waals surface area contributed by atoms with Crippen molar-refractivity contribution in [3.63, 3.8) is 0 Å². The Kier molecular flexibility index (Phi) is 1.91. The van der Waals surface area contributed by atoms with Gasteiger partial charge in [-0.15, -0.1) is 0 Å². The molecule has 4 nitrogen and oxygen atoms in total. The van der Waals surface area contributed by atoms with Gasteiger partial charge in [-0.2, -0.15) is 0 Å². The molecule has 0 amide bonds. The third-order valence-corrected chi connectivity index (χ3v) is 2.38. The molecule has 0 saturated heterocycles. The highest BCUT2D eigenvalue weighted by molar-refractivity contribution is 5.83.